The van der Waals surface area contributed by atoms with E-state index in [1.807, 2.05) is 0 Å². The van der Waals surface area contributed by atoms with Crippen LogP contribution in [0.5, 0.6) is 0 Å². The molecule has 0 spiro atoms. The Hall–Kier alpha value is -1.35. The number of hydrogen-bond donors (Lipinski definition) is 2. The summed E-state index contributed by atoms with van der Waals surface area (Å²) in [7, 11) is 0. The highest BCUT2D eigenvalue weighted by atomic mass is 16.2. The largest absolute Gasteiger partial charge is 0.355 e. The molecule has 1 aromatic rings. The van der Waals surface area contributed by atoms with Crippen LogP contribution in [-0.2, 0) is 11.3 Å². The van der Waals surface area contributed by atoms with E-state index < -0.39 is 0 Å². The van der Waals surface area contributed by atoms with Gasteiger partial charge in [0.15, 0.2) is 0 Å². The first-order valence-electron chi connectivity index (χ1n) is 6.74. The van der Waals surface area contributed by atoms with Gasteiger partial charge in [0.25, 0.3) is 0 Å². The molecule has 1 atom stereocenters. The highest BCUT2D eigenvalue weighted by molar-refractivity contribution is 5.81. The summed E-state index contributed by atoms with van der Waals surface area (Å²) in [4.78, 5) is 11.8. The number of carbonyl (C=O) groups is 1. The summed E-state index contributed by atoms with van der Waals surface area (Å²) in [6, 6.07) is 6.43. The first-order valence-corrected chi connectivity index (χ1v) is 6.74. The van der Waals surface area contributed by atoms with Crippen molar-refractivity contribution in [2.24, 2.45) is 0 Å². The topological polar surface area (TPSA) is 41.1 Å². The minimum Gasteiger partial charge on any atom is -0.355 e. The Kier molecular flexibility index (Phi) is 4.37. The van der Waals surface area contributed by atoms with E-state index >= 15 is 0 Å². The van der Waals surface area contributed by atoms with Crippen LogP contribution in [0.4, 0.5) is 0 Å². The lowest BCUT2D eigenvalue weighted by Gasteiger charge is -2.15. The maximum Gasteiger partial charge on any atom is 0.237 e. The summed E-state index contributed by atoms with van der Waals surface area (Å²) in [5.41, 5.74) is 3.86. The van der Waals surface area contributed by atoms with Crippen molar-refractivity contribution in [3.05, 3.63) is 34.9 Å². The van der Waals surface area contributed by atoms with Crippen molar-refractivity contribution in [2.75, 3.05) is 6.54 Å². The number of rotatable bonds is 3. The van der Waals surface area contributed by atoms with Crippen LogP contribution in [0.15, 0.2) is 18.2 Å². The summed E-state index contributed by atoms with van der Waals surface area (Å²) in [5, 5.41) is 6.31. The molecular formula is C15H22N2O. The van der Waals surface area contributed by atoms with Crippen LogP contribution in [0.3, 0.4) is 0 Å². The summed E-state index contributed by atoms with van der Waals surface area (Å²) in [6.07, 6.45) is 3.15. The SMILES string of the molecule is Cc1ccc(CNC2CCCCNC2=O)cc1C. The molecule has 0 radical (unpaired) electrons. The van der Waals surface area contributed by atoms with E-state index in [0.717, 1.165) is 32.4 Å². The van der Waals surface area contributed by atoms with Gasteiger partial charge in [-0.25, -0.2) is 0 Å². The van der Waals surface area contributed by atoms with Gasteiger partial charge < -0.3 is 10.6 Å². The molecule has 1 aromatic carbocycles. The van der Waals surface area contributed by atoms with Crippen LogP contribution in [0.1, 0.15) is 36.0 Å². The van der Waals surface area contributed by atoms with Crippen molar-refractivity contribution in [3.8, 4) is 0 Å². The highest BCUT2D eigenvalue weighted by Gasteiger charge is 2.19. The second-order valence-electron chi connectivity index (χ2n) is 5.14. The lowest BCUT2D eigenvalue weighted by atomic mass is 10.1. The molecule has 1 aliphatic rings. The Morgan fingerprint density at radius 1 is 1.28 bits per heavy atom. The fourth-order valence-corrected chi connectivity index (χ4v) is 2.29. The zero-order valence-electron chi connectivity index (χ0n) is 11.3. The lowest BCUT2D eigenvalue weighted by Crippen LogP contribution is -2.42. The number of aryl methyl sites for hydroxylation is 2. The van der Waals surface area contributed by atoms with Crippen LogP contribution >= 0.6 is 0 Å². The predicted octanol–water partition coefficient (Wildman–Crippen LogP) is 2.06. The van der Waals surface area contributed by atoms with E-state index in [0.29, 0.717) is 0 Å². The van der Waals surface area contributed by atoms with Gasteiger partial charge in [-0.1, -0.05) is 18.2 Å². The van der Waals surface area contributed by atoms with E-state index in [1.54, 1.807) is 0 Å². The summed E-state index contributed by atoms with van der Waals surface area (Å²) < 4.78 is 0. The molecule has 1 unspecified atom stereocenters. The van der Waals surface area contributed by atoms with Gasteiger partial charge in [0.2, 0.25) is 5.91 Å². The number of carbonyl (C=O) groups excluding carboxylic acids is 1. The fraction of sp³-hybridized carbons (Fsp3) is 0.533. The summed E-state index contributed by atoms with van der Waals surface area (Å²) in [6.45, 7) is 5.82. The second kappa shape index (κ2) is 6.01. The average Bonchev–Trinajstić information content (AvgIpc) is 2.56. The van der Waals surface area contributed by atoms with Gasteiger partial charge in [0.05, 0.1) is 6.04 Å². The van der Waals surface area contributed by atoms with Crippen LogP contribution in [0, 0.1) is 13.8 Å². The molecule has 0 aromatic heterocycles. The highest BCUT2D eigenvalue weighted by Crippen LogP contribution is 2.11. The average molecular weight is 246 g/mol. The Labute approximate surface area is 109 Å². The van der Waals surface area contributed by atoms with Gasteiger partial charge in [0.1, 0.15) is 0 Å². The molecule has 1 amide bonds. The number of benzene rings is 1. The molecule has 2 N–H and O–H groups in total. The van der Waals surface area contributed by atoms with Crippen molar-refractivity contribution < 1.29 is 4.79 Å². The van der Waals surface area contributed by atoms with Gasteiger partial charge in [-0.05, 0) is 49.8 Å². The molecule has 3 heteroatoms. The molecule has 98 valence electrons. The minimum atomic E-state index is -0.0332. The molecule has 0 bridgehead atoms. The first kappa shape index (κ1) is 13.1. The summed E-state index contributed by atoms with van der Waals surface area (Å²) >= 11 is 0. The van der Waals surface area contributed by atoms with Gasteiger partial charge in [0, 0.05) is 13.1 Å². The zero-order chi connectivity index (χ0) is 13.0. The normalized spacial score (nSPS) is 20.3. The van der Waals surface area contributed by atoms with Gasteiger partial charge >= 0.3 is 0 Å². The molecule has 0 saturated carbocycles. The quantitative estimate of drug-likeness (QED) is 0.857. The summed E-state index contributed by atoms with van der Waals surface area (Å²) in [5.74, 6) is 0.149. The molecule has 18 heavy (non-hydrogen) atoms. The van der Waals surface area contributed by atoms with Crippen molar-refractivity contribution in [3.63, 3.8) is 0 Å². The molecule has 1 heterocycles. The number of nitrogens with one attached hydrogen (secondary N) is 2. The molecule has 1 fully saturated rings. The molecule has 1 aliphatic heterocycles. The molecule has 2 rings (SSSR count). The third-order valence-electron chi connectivity index (χ3n) is 3.66. The van der Waals surface area contributed by atoms with Gasteiger partial charge in [-0.2, -0.15) is 0 Å². The van der Waals surface area contributed by atoms with E-state index in [2.05, 4.69) is 42.7 Å². The Morgan fingerprint density at radius 2 is 2.11 bits per heavy atom. The van der Waals surface area contributed by atoms with Crippen LogP contribution in [-0.4, -0.2) is 18.5 Å². The Balaban J connectivity index is 1.93. The third-order valence-corrected chi connectivity index (χ3v) is 3.66. The zero-order valence-corrected chi connectivity index (χ0v) is 11.3. The number of amides is 1. The van der Waals surface area contributed by atoms with E-state index in [1.165, 1.54) is 16.7 Å². The molecular weight excluding hydrogens is 224 g/mol. The Bertz CT molecular complexity index is 429. The monoisotopic (exact) mass is 246 g/mol. The van der Waals surface area contributed by atoms with E-state index in [4.69, 9.17) is 0 Å². The van der Waals surface area contributed by atoms with Crippen molar-refractivity contribution in [1.29, 1.82) is 0 Å². The lowest BCUT2D eigenvalue weighted by molar-refractivity contribution is -0.122. The van der Waals surface area contributed by atoms with Crippen LogP contribution in [0.25, 0.3) is 0 Å². The maximum atomic E-state index is 11.8. The minimum absolute atomic E-state index is 0.0332. The van der Waals surface area contributed by atoms with Crippen molar-refractivity contribution >= 4 is 5.91 Å². The molecule has 3 nitrogen and oxygen atoms in total. The third kappa shape index (κ3) is 3.33. The standard InChI is InChI=1S/C15H22N2O/c1-11-6-7-13(9-12(11)2)10-17-14-5-3-4-8-16-15(14)18/h6-7,9,14,17H,3-5,8,10H2,1-2H3,(H,16,18). The van der Waals surface area contributed by atoms with Crippen LogP contribution in [0.2, 0.25) is 0 Å². The maximum absolute atomic E-state index is 11.8. The van der Waals surface area contributed by atoms with Gasteiger partial charge in [-0.15, -0.1) is 0 Å². The van der Waals surface area contributed by atoms with Gasteiger partial charge in [-0.3, -0.25) is 4.79 Å². The van der Waals surface area contributed by atoms with E-state index in [-0.39, 0.29) is 11.9 Å². The van der Waals surface area contributed by atoms with E-state index in [9.17, 15) is 4.79 Å². The van der Waals surface area contributed by atoms with Crippen LogP contribution < -0.4 is 10.6 Å². The molecule has 1 saturated heterocycles. The molecule has 0 aliphatic carbocycles. The number of hydrogen-bond acceptors (Lipinski definition) is 2. The predicted molar refractivity (Wildman–Crippen MR) is 73.4 cm³/mol. The smallest absolute Gasteiger partial charge is 0.237 e. The fourth-order valence-electron chi connectivity index (χ4n) is 2.29. The van der Waals surface area contributed by atoms with Crippen molar-refractivity contribution in [2.45, 2.75) is 45.7 Å². The Morgan fingerprint density at radius 3 is 2.89 bits per heavy atom. The second-order valence-corrected chi connectivity index (χ2v) is 5.14. The van der Waals surface area contributed by atoms with Crippen molar-refractivity contribution in [1.82, 2.24) is 10.6 Å². The first-order chi connectivity index (χ1) is 8.66.